The second kappa shape index (κ2) is 7.70. The van der Waals surface area contributed by atoms with E-state index in [9.17, 15) is 4.79 Å². The van der Waals surface area contributed by atoms with Gasteiger partial charge in [0.2, 0.25) is 0 Å². The minimum atomic E-state index is -1.36. The maximum absolute atomic E-state index is 11.1. The van der Waals surface area contributed by atoms with Crippen molar-refractivity contribution in [2.75, 3.05) is 0 Å². The van der Waals surface area contributed by atoms with Gasteiger partial charge in [-0.3, -0.25) is 4.79 Å². The third-order valence-corrected chi connectivity index (χ3v) is 1.43. The van der Waals surface area contributed by atoms with Crippen molar-refractivity contribution in [1.82, 2.24) is 0 Å². The van der Waals surface area contributed by atoms with Crippen molar-refractivity contribution in [2.45, 2.75) is 13.8 Å². The molecule has 0 saturated carbocycles. The number of esters is 1. The Kier molecular flexibility index (Phi) is 6.96. The van der Waals surface area contributed by atoms with Crippen LogP contribution in [0.4, 0.5) is 4.79 Å². The topological polar surface area (TPSA) is 63.6 Å². The normalized spacial score (nSPS) is 9.00. The van der Waals surface area contributed by atoms with Crippen LogP contribution in [0.5, 0.6) is 5.75 Å². The van der Waals surface area contributed by atoms with Crippen molar-refractivity contribution in [1.29, 1.82) is 0 Å². The van der Waals surface area contributed by atoms with E-state index in [4.69, 9.17) is 14.6 Å². The first kappa shape index (κ1) is 14.5. The fourth-order valence-corrected chi connectivity index (χ4v) is 0.723. The van der Waals surface area contributed by atoms with Crippen molar-refractivity contribution < 1.29 is 19.4 Å². The Bertz CT molecular complexity index is 331. The summed E-state index contributed by atoms with van der Waals surface area (Å²) in [5, 5.41) is 7.18. The van der Waals surface area contributed by atoms with Crippen LogP contribution in [-0.4, -0.2) is 16.5 Å². The highest BCUT2D eigenvalue weighted by atomic mass is 35.5. The number of halogens is 1. The Morgan fingerprint density at radius 3 is 2.06 bits per heavy atom. The first-order valence-electron chi connectivity index (χ1n) is 4.58. The number of hydrogen-bond donors (Lipinski definition) is 1. The molecule has 0 heterocycles. The quantitative estimate of drug-likeness (QED) is 0.493. The van der Waals surface area contributed by atoms with E-state index >= 15 is 0 Å². The molecule has 4 nitrogen and oxygen atoms in total. The number of rotatable bonds is 2. The number of carbonyl (C=O) groups excluding carboxylic acids is 1. The van der Waals surface area contributed by atoms with Crippen LogP contribution in [0.1, 0.15) is 13.8 Å². The molecule has 1 N–H and O–H groups in total. The maximum atomic E-state index is 11.1. The van der Waals surface area contributed by atoms with Crippen molar-refractivity contribution in [3.63, 3.8) is 0 Å². The van der Waals surface area contributed by atoms with Gasteiger partial charge >= 0.3 is 11.4 Å². The molecule has 0 aliphatic heterocycles. The van der Waals surface area contributed by atoms with Crippen molar-refractivity contribution in [2.24, 2.45) is 5.92 Å². The van der Waals surface area contributed by atoms with E-state index in [-0.39, 0.29) is 11.9 Å². The summed E-state index contributed by atoms with van der Waals surface area (Å²) < 4.78 is 5.04. The molecule has 0 amide bonds. The highest BCUT2D eigenvalue weighted by Crippen LogP contribution is 2.10. The molecule has 0 bridgehead atoms. The number of para-hydroxylation sites is 1. The lowest BCUT2D eigenvalue weighted by molar-refractivity contribution is -0.137. The summed E-state index contributed by atoms with van der Waals surface area (Å²) in [6, 6.07) is 9.08. The largest absolute Gasteiger partial charge is 0.469 e. The maximum Gasteiger partial charge on any atom is 0.401 e. The molecule has 5 heteroatoms. The van der Waals surface area contributed by atoms with Crippen LogP contribution in [0.25, 0.3) is 0 Å². The Labute approximate surface area is 98.8 Å². The van der Waals surface area contributed by atoms with Crippen LogP contribution < -0.4 is 4.74 Å². The van der Waals surface area contributed by atoms with Gasteiger partial charge in [0, 0.05) is 11.6 Å². The Hall–Kier alpha value is -1.55. The molecule has 0 fully saturated rings. The summed E-state index contributed by atoms with van der Waals surface area (Å²) in [4.78, 5) is 19.9. The lowest BCUT2D eigenvalue weighted by Crippen LogP contribution is -2.14. The van der Waals surface area contributed by atoms with Crippen LogP contribution in [0.2, 0.25) is 0 Å². The number of ether oxygens (including phenoxy) is 1. The summed E-state index contributed by atoms with van der Waals surface area (Å²) in [6.45, 7) is 3.62. The van der Waals surface area contributed by atoms with Gasteiger partial charge in [-0.15, -0.1) is 0 Å². The average molecular weight is 245 g/mol. The highest BCUT2D eigenvalue weighted by Gasteiger charge is 2.08. The van der Waals surface area contributed by atoms with Crippen LogP contribution in [0.3, 0.4) is 0 Å². The van der Waals surface area contributed by atoms with E-state index in [1.54, 1.807) is 12.1 Å². The molecule has 0 unspecified atom stereocenters. The lowest BCUT2D eigenvalue weighted by atomic mass is 10.2. The zero-order valence-electron chi connectivity index (χ0n) is 9.01. The molecule has 0 radical (unpaired) electrons. The summed E-state index contributed by atoms with van der Waals surface area (Å²) in [6.07, 6.45) is 0. The minimum Gasteiger partial charge on any atom is -0.469 e. The van der Waals surface area contributed by atoms with E-state index in [0.717, 1.165) is 0 Å². The number of carbonyl (C=O) groups is 2. The van der Waals surface area contributed by atoms with E-state index in [0.29, 0.717) is 5.75 Å². The first-order chi connectivity index (χ1) is 7.43. The zero-order chi connectivity index (χ0) is 12.6. The number of carboxylic acid groups (broad SMARTS) is 1. The van der Waals surface area contributed by atoms with Crippen molar-refractivity contribution >= 4 is 23.0 Å². The summed E-state index contributed by atoms with van der Waals surface area (Å²) in [5.41, 5.74) is -1.36. The summed E-state index contributed by atoms with van der Waals surface area (Å²) >= 11 is 4.19. The van der Waals surface area contributed by atoms with Crippen LogP contribution in [0.15, 0.2) is 30.3 Å². The van der Waals surface area contributed by atoms with E-state index < -0.39 is 5.43 Å². The third kappa shape index (κ3) is 7.82. The molecule has 1 aromatic rings. The molecule has 88 valence electrons. The predicted octanol–water partition coefficient (Wildman–Crippen LogP) is 3.15. The standard InChI is InChI=1S/C10H12O2.CHClO2/c1-8(2)10(11)12-9-6-4-3-5-7-9;2-1(3)4/h3-8H,1-2H3;(H,3,4). The lowest BCUT2D eigenvalue weighted by Gasteiger charge is -2.05. The molecule has 0 aliphatic rings. The van der Waals surface area contributed by atoms with Crippen LogP contribution in [-0.2, 0) is 4.79 Å². The highest BCUT2D eigenvalue weighted by molar-refractivity contribution is 6.60. The molecule has 16 heavy (non-hydrogen) atoms. The molecule has 0 saturated heterocycles. The predicted molar refractivity (Wildman–Crippen MR) is 60.8 cm³/mol. The Balaban J connectivity index is 0.000000487. The fraction of sp³-hybridized carbons (Fsp3) is 0.273. The number of benzene rings is 1. The van der Waals surface area contributed by atoms with Gasteiger partial charge in [0.1, 0.15) is 5.75 Å². The second-order valence-corrected chi connectivity index (χ2v) is 3.47. The smallest absolute Gasteiger partial charge is 0.401 e. The second-order valence-electron chi connectivity index (χ2n) is 3.14. The monoisotopic (exact) mass is 244 g/mol. The third-order valence-electron chi connectivity index (χ3n) is 1.43. The zero-order valence-corrected chi connectivity index (χ0v) is 9.77. The molecule has 0 aliphatic carbocycles. The number of hydrogen-bond acceptors (Lipinski definition) is 3. The van der Waals surface area contributed by atoms with Crippen LogP contribution >= 0.6 is 11.6 Å². The summed E-state index contributed by atoms with van der Waals surface area (Å²) in [7, 11) is 0. The molecule has 0 aromatic heterocycles. The van der Waals surface area contributed by atoms with Gasteiger partial charge in [0.25, 0.3) is 0 Å². The average Bonchev–Trinajstić information content (AvgIpc) is 2.18. The van der Waals surface area contributed by atoms with Gasteiger partial charge in [0.05, 0.1) is 5.92 Å². The van der Waals surface area contributed by atoms with Gasteiger partial charge < -0.3 is 9.84 Å². The Morgan fingerprint density at radius 2 is 1.69 bits per heavy atom. The van der Waals surface area contributed by atoms with Gasteiger partial charge in [-0.25, -0.2) is 4.79 Å². The molecular weight excluding hydrogens is 232 g/mol. The molecule has 1 aromatic carbocycles. The van der Waals surface area contributed by atoms with Crippen molar-refractivity contribution in [3.05, 3.63) is 30.3 Å². The van der Waals surface area contributed by atoms with E-state index in [1.165, 1.54) is 0 Å². The molecule has 0 atom stereocenters. The molecule has 0 spiro atoms. The van der Waals surface area contributed by atoms with Gasteiger partial charge in [-0.1, -0.05) is 32.0 Å². The van der Waals surface area contributed by atoms with E-state index in [1.807, 2.05) is 32.0 Å². The molecule has 1 rings (SSSR count). The summed E-state index contributed by atoms with van der Waals surface area (Å²) in [5.74, 6) is 0.336. The van der Waals surface area contributed by atoms with Crippen LogP contribution in [0, 0.1) is 5.92 Å². The minimum absolute atomic E-state index is 0.0785. The first-order valence-corrected chi connectivity index (χ1v) is 4.96. The van der Waals surface area contributed by atoms with Gasteiger partial charge in [0.15, 0.2) is 0 Å². The molecular formula is C11H13ClO4. The Morgan fingerprint density at radius 1 is 1.25 bits per heavy atom. The van der Waals surface area contributed by atoms with Gasteiger partial charge in [-0.05, 0) is 12.1 Å². The SMILES string of the molecule is CC(C)C(=O)Oc1ccccc1.O=C(O)Cl. The fourth-order valence-electron chi connectivity index (χ4n) is 0.723. The van der Waals surface area contributed by atoms with Crippen molar-refractivity contribution in [3.8, 4) is 5.75 Å². The van der Waals surface area contributed by atoms with Gasteiger partial charge in [-0.2, -0.15) is 0 Å². The van der Waals surface area contributed by atoms with E-state index in [2.05, 4.69) is 11.6 Å².